The van der Waals surface area contributed by atoms with Crippen LogP contribution in [0.3, 0.4) is 0 Å². The predicted octanol–water partition coefficient (Wildman–Crippen LogP) is 3.42. The van der Waals surface area contributed by atoms with Crippen molar-refractivity contribution in [3.63, 3.8) is 0 Å². The number of carbonyl (C=O) groups excluding carboxylic acids is 1. The van der Waals surface area contributed by atoms with Crippen molar-refractivity contribution in [1.82, 2.24) is 0 Å². The fraction of sp³-hybridized carbons (Fsp3) is 0.450. The van der Waals surface area contributed by atoms with Crippen molar-refractivity contribution in [1.29, 1.82) is 0 Å². The van der Waals surface area contributed by atoms with E-state index >= 15 is 0 Å². The van der Waals surface area contributed by atoms with Gasteiger partial charge in [-0.1, -0.05) is 0 Å². The number of carbonyl (C=O) groups is 1. The van der Waals surface area contributed by atoms with Gasteiger partial charge in [-0.25, -0.2) is 0 Å². The molecule has 1 aromatic rings. The van der Waals surface area contributed by atoms with Gasteiger partial charge in [0.15, 0.2) is 0 Å². The van der Waals surface area contributed by atoms with Crippen molar-refractivity contribution in [2.24, 2.45) is 0 Å². The fourth-order valence-electron chi connectivity index (χ4n) is 2.24. The third-order valence-electron chi connectivity index (χ3n) is 3.69. The summed E-state index contributed by atoms with van der Waals surface area (Å²) < 4.78 is 5.99. The van der Waals surface area contributed by atoms with E-state index in [0.29, 0.717) is 6.42 Å². The number of hydrogen-bond donors (Lipinski definition) is 1. The summed E-state index contributed by atoms with van der Waals surface area (Å²) in [6, 6.07) is 9.83. The Kier molecular flexibility index (Phi) is 9.70. The second kappa shape index (κ2) is 11.2. The molecule has 0 heterocycles. The van der Waals surface area contributed by atoms with Gasteiger partial charge in [-0.3, -0.25) is 0 Å². The molecule has 2 atom stereocenters. The number of methoxy groups -OCH3 is 1. The van der Waals surface area contributed by atoms with Crippen molar-refractivity contribution in [3.05, 3.63) is 54.1 Å². The summed E-state index contributed by atoms with van der Waals surface area (Å²) in [4.78, 5) is 11.6. The molecule has 0 saturated carbocycles. The van der Waals surface area contributed by atoms with E-state index in [2.05, 4.69) is 19.6 Å². The van der Waals surface area contributed by atoms with Gasteiger partial charge in [0.05, 0.1) is 0 Å². The van der Waals surface area contributed by atoms with Crippen LogP contribution in [-0.2, 0) is 9.53 Å². The van der Waals surface area contributed by atoms with Crippen LogP contribution in [0.2, 0.25) is 4.82 Å². The van der Waals surface area contributed by atoms with E-state index in [4.69, 9.17) is 4.74 Å². The van der Waals surface area contributed by atoms with Gasteiger partial charge in [-0.2, -0.15) is 0 Å². The molecular weight excluding hydrogens is 367 g/mol. The molecule has 0 saturated heterocycles. The molecule has 0 unspecified atom stereocenters. The summed E-state index contributed by atoms with van der Waals surface area (Å²) in [6.45, 7) is 8.00. The molecule has 1 N–H and O–H groups in total. The number of ether oxygens (including phenoxy) is 1. The maximum atomic E-state index is 12.1. The van der Waals surface area contributed by atoms with Crippen LogP contribution in [0.15, 0.2) is 54.1 Å². The average molecular weight is 395 g/mol. The van der Waals surface area contributed by atoms with Crippen LogP contribution in [0, 0.1) is 0 Å². The van der Waals surface area contributed by atoms with Gasteiger partial charge in [-0.15, -0.1) is 0 Å². The van der Waals surface area contributed by atoms with Gasteiger partial charge in [0.1, 0.15) is 0 Å². The standard InChI is InChI=1S/C20H28O3Se/c1-15(2)9-8-10-16(3)13-14-18(21)19(20(22)23-4)24-17-11-6-5-7-12-17/h5-7,10-12,18-19,21H,1,8-9,13-14H2,2-4H3/b16-10+/t18-,19-/m1/s1. The molecule has 0 radical (unpaired) electrons. The Morgan fingerprint density at radius 2 is 1.96 bits per heavy atom. The molecule has 0 aliphatic carbocycles. The Morgan fingerprint density at radius 3 is 2.54 bits per heavy atom. The Labute approximate surface area is 152 Å². The van der Waals surface area contributed by atoms with Crippen LogP contribution in [0.25, 0.3) is 0 Å². The van der Waals surface area contributed by atoms with Crippen LogP contribution in [-0.4, -0.2) is 39.2 Å². The number of rotatable bonds is 10. The zero-order valence-corrected chi connectivity index (χ0v) is 16.5. The van der Waals surface area contributed by atoms with Crippen LogP contribution >= 0.6 is 0 Å². The van der Waals surface area contributed by atoms with Gasteiger partial charge in [0.25, 0.3) is 0 Å². The van der Waals surface area contributed by atoms with Crippen LogP contribution in [0.1, 0.15) is 39.5 Å². The maximum absolute atomic E-state index is 12.1. The Balaban J connectivity index is 2.60. The van der Waals surface area contributed by atoms with Gasteiger partial charge >= 0.3 is 152 Å². The summed E-state index contributed by atoms with van der Waals surface area (Å²) in [7, 11) is 1.38. The number of benzene rings is 1. The quantitative estimate of drug-likeness (QED) is 0.375. The van der Waals surface area contributed by atoms with Crippen LogP contribution in [0.4, 0.5) is 0 Å². The Hall–Kier alpha value is -1.35. The average Bonchev–Trinajstić information content (AvgIpc) is 2.57. The minimum atomic E-state index is -0.679. The fourth-order valence-corrected chi connectivity index (χ4v) is 4.53. The summed E-state index contributed by atoms with van der Waals surface area (Å²) >= 11 is -0.147. The summed E-state index contributed by atoms with van der Waals surface area (Å²) in [5.74, 6) is -0.324. The van der Waals surface area contributed by atoms with Gasteiger partial charge < -0.3 is 0 Å². The third kappa shape index (κ3) is 7.96. The molecule has 1 rings (SSSR count). The molecule has 3 nitrogen and oxygen atoms in total. The first-order chi connectivity index (χ1) is 11.4. The molecule has 4 heteroatoms. The normalized spacial score (nSPS) is 14.1. The molecular formula is C20H28O3Se. The van der Waals surface area contributed by atoms with Crippen molar-refractivity contribution < 1.29 is 14.6 Å². The summed E-state index contributed by atoms with van der Waals surface area (Å²) in [6.07, 6.45) is 4.84. The topological polar surface area (TPSA) is 46.5 Å². The zero-order chi connectivity index (χ0) is 17.9. The minimum absolute atomic E-state index is 0.147. The molecule has 0 bridgehead atoms. The van der Waals surface area contributed by atoms with E-state index in [0.717, 1.165) is 23.7 Å². The van der Waals surface area contributed by atoms with Crippen molar-refractivity contribution in [2.45, 2.75) is 50.5 Å². The Morgan fingerprint density at radius 1 is 1.29 bits per heavy atom. The molecule has 24 heavy (non-hydrogen) atoms. The van der Waals surface area contributed by atoms with E-state index in [1.165, 1.54) is 18.3 Å². The van der Waals surface area contributed by atoms with E-state index in [1.807, 2.05) is 37.3 Å². The van der Waals surface area contributed by atoms with Crippen LogP contribution in [0.5, 0.6) is 0 Å². The van der Waals surface area contributed by atoms with Crippen molar-refractivity contribution >= 4 is 25.4 Å². The zero-order valence-electron chi connectivity index (χ0n) is 14.8. The molecule has 0 aromatic heterocycles. The first kappa shape index (κ1) is 20.7. The summed E-state index contributed by atoms with van der Waals surface area (Å²) in [5, 5.41) is 10.5. The van der Waals surface area contributed by atoms with Crippen LogP contribution < -0.4 is 4.46 Å². The van der Waals surface area contributed by atoms with E-state index < -0.39 is 10.9 Å². The first-order valence-electron chi connectivity index (χ1n) is 8.21. The second-order valence-corrected chi connectivity index (χ2v) is 8.58. The van der Waals surface area contributed by atoms with E-state index in [9.17, 15) is 9.90 Å². The molecule has 0 spiro atoms. The van der Waals surface area contributed by atoms with E-state index in [1.54, 1.807) is 0 Å². The second-order valence-electron chi connectivity index (χ2n) is 6.03. The number of allylic oxidation sites excluding steroid dienone is 3. The van der Waals surface area contributed by atoms with E-state index in [-0.39, 0.29) is 20.9 Å². The molecule has 0 aliphatic rings. The molecule has 0 fully saturated rings. The van der Waals surface area contributed by atoms with Crippen molar-refractivity contribution in [2.75, 3.05) is 7.11 Å². The number of hydrogen-bond acceptors (Lipinski definition) is 3. The molecule has 132 valence electrons. The van der Waals surface area contributed by atoms with Crippen molar-refractivity contribution in [3.8, 4) is 0 Å². The molecule has 1 aromatic carbocycles. The third-order valence-corrected chi connectivity index (χ3v) is 6.43. The number of aliphatic hydroxyl groups is 1. The van der Waals surface area contributed by atoms with Gasteiger partial charge in [0.2, 0.25) is 0 Å². The monoisotopic (exact) mass is 396 g/mol. The first-order valence-corrected chi connectivity index (χ1v) is 10.1. The van der Waals surface area contributed by atoms with Gasteiger partial charge in [-0.05, 0) is 0 Å². The number of aliphatic hydroxyl groups excluding tert-OH is 1. The van der Waals surface area contributed by atoms with Gasteiger partial charge in [0, 0.05) is 0 Å². The number of esters is 1. The summed E-state index contributed by atoms with van der Waals surface area (Å²) in [5.41, 5.74) is 2.42. The molecule has 0 amide bonds. The molecule has 0 aliphatic heterocycles. The SMILES string of the molecule is C=C(C)CC/C=C(\C)CC[C@@H](O)[C@@H]([Se]c1ccccc1)C(=O)OC. The predicted molar refractivity (Wildman–Crippen MR) is 101 cm³/mol. The Bertz CT molecular complexity index is 551.